The summed E-state index contributed by atoms with van der Waals surface area (Å²) in [6.45, 7) is 8.93. The summed E-state index contributed by atoms with van der Waals surface area (Å²) in [6.07, 6.45) is 4.94. The Hall–Kier alpha value is -1.32. The van der Waals surface area contributed by atoms with Crippen molar-refractivity contribution in [1.29, 1.82) is 0 Å². The van der Waals surface area contributed by atoms with E-state index in [1.165, 1.54) is 0 Å². The van der Waals surface area contributed by atoms with E-state index in [9.17, 15) is 9.59 Å². The lowest BCUT2D eigenvalue weighted by atomic mass is 9.98. The lowest BCUT2D eigenvalue weighted by Crippen LogP contribution is -2.15. The number of carbonyl (C=O) groups excluding carboxylic acids is 1. The molecule has 19 heavy (non-hydrogen) atoms. The van der Waals surface area contributed by atoms with Crippen LogP contribution in [0.5, 0.6) is 0 Å². The summed E-state index contributed by atoms with van der Waals surface area (Å²) < 4.78 is 5.17. The van der Waals surface area contributed by atoms with E-state index >= 15 is 0 Å². The van der Waals surface area contributed by atoms with Gasteiger partial charge in [0.1, 0.15) is 0 Å². The molecule has 1 N–H and O–H groups in total. The van der Waals surface area contributed by atoms with Gasteiger partial charge in [-0.25, -0.2) is 4.79 Å². The summed E-state index contributed by atoms with van der Waals surface area (Å²) in [7, 11) is 0. The smallest absolute Gasteiger partial charge is 0.333 e. The normalized spacial score (nSPS) is 13.6. The SMILES string of the molecule is C=C(C)C(=O)OC(C)CCCCCC(CC)C(=O)O. The fraction of sp³-hybridized carbons (Fsp3) is 0.733. The van der Waals surface area contributed by atoms with Crippen LogP contribution in [-0.4, -0.2) is 23.1 Å². The summed E-state index contributed by atoms with van der Waals surface area (Å²) in [5.74, 6) is -1.27. The van der Waals surface area contributed by atoms with Gasteiger partial charge in [0.2, 0.25) is 0 Å². The number of unbranched alkanes of at least 4 members (excludes halogenated alkanes) is 2. The Bertz CT molecular complexity index is 309. The van der Waals surface area contributed by atoms with Crippen molar-refractivity contribution in [3.05, 3.63) is 12.2 Å². The van der Waals surface area contributed by atoms with Crippen LogP contribution in [0.25, 0.3) is 0 Å². The van der Waals surface area contributed by atoms with Crippen LogP contribution < -0.4 is 0 Å². The largest absolute Gasteiger partial charge is 0.481 e. The first kappa shape index (κ1) is 17.7. The van der Waals surface area contributed by atoms with E-state index in [-0.39, 0.29) is 18.0 Å². The number of rotatable bonds is 10. The average molecular weight is 270 g/mol. The monoisotopic (exact) mass is 270 g/mol. The molecule has 4 heteroatoms. The second-order valence-corrected chi connectivity index (χ2v) is 5.08. The molecule has 0 radical (unpaired) electrons. The molecule has 0 saturated carbocycles. The van der Waals surface area contributed by atoms with Crippen molar-refractivity contribution in [2.24, 2.45) is 5.92 Å². The summed E-state index contributed by atoms with van der Waals surface area (Å²) in [5, 5.41) is 8.90. The van der Waals surface area contributed by atoms with Crippen LogP contribution in [0, 0.1) is 5.92 Å². The van der Waals surface area contributed by atoms with E-state index in [1.807, 2.05) is 13.8 Å². The summed E-state index contributed by atoms with van der Waals surface area (Å²) in [6, 6.07) is 0. The van der Waals surface area contributed by atoms with Gasteiger partial charge in [-0.05, 0) is 39.5 Å². The van der Waals surface area contributed by atoms with Crippen LogP contribution in [0.4, 0.5) is 0 Å². The molecule has 0 aromatic rings. The van der Waals surface area contributed by atoms with Crippen LogP contribution in [0.15, 0.2) is 12.2 Å². The van der Waals surface area contributed by atoms with E-state index in [0.717, 1.165) is 32.1 Å². The Kier molecular flexibility index (Phi) is 8.92. The first-order valence-corrected chi connectivity index (χ1v) is 6.97. The van der Waals surface area contributed by atoms with Crippen LogP contribution in [0.1, 0.15) is 59.3 Å². The highest BCUT2D eigenvalue weighted by Crippen LogP contribution is 2.15. The maximum atomic E-state index is 11.3. The highest BCUT2D eigenvalue weighted by molar-refractivity contribution is 5.87. The highest BCUT2D eigenvalue weighted by Gasteiger charge is 2.14. The fourth-order valence-corrected chi connectivity index (χ4v) is 1.84. The molecule has 2 unspecified atom stereocenters. The molecule has 0 aliphatic rings. The van der Waals surface area contributed by atoms with Crippen LogP contribution >= 0.6 is 0 Å². The van der Waals surface area contributed by atoms with Gasteiger partial charge in [-0.2, -0.15) is 0 Å². The van der Waals surface area contributed by atoms with Crippen LogP contribution in [0.2, 0.25) is 0 Å². The standard InChI is InChI=1S/C15H26O4/c1-5-13(14(16)17)10-8-6-7-9-12(4)19-15(18)11(2)3/h12-13H,2,5-10H2,1,3-4H3,(H,16,17). The molecule has 0 aliphatic carbocycles. The van der Waals surface area contributed by atoms with Crippen LogP contribution in [0.3, 0.4) is 0 Å². The number of hydrogen-bond donors (Lipinski definition) is 1. The molecule has 110 valence electrons. The van der Waals surface area contributed by atoms with Crippen molar-refractivity contribution in [2.75, 3.05) is 0 Å². The molecule has 0 aromatic heterocycles. The zero-order valence-electron chi connectivity index (χ0n) is 12.3. The summed E-state index contributed by atoms with van der Waals surface area (Å²) in [5.41, 5.74) is 0.416. The molecule has 0 amide bonds. The van der Waals surface area contributed by atoms with Gasteiger partial charge in [-0.15, -0.1) is 0 Å². The fourth-order valence-electron chi connectivity index (χ4n) is 1.84. The highest BCUT2D eigenvalue weighted by atomic mass is 16.5. The van der Waals surface area contributed by atoms with Crippen molar-refractivity contribution in [3.8, 4) is 0 Å². The Morgan fingerprint density at radius 3 is 2.26 bits per heavy atom. The molecule has 0 spiro atoms. The topological polar surface area (TPSA) is 63.6 Å². The van der Waals surface area contributed by atoms with Crippen molar-refractivity contribution >= 4 is 11.9 Å². The van der Waals surface area contributed by atoms with Gasteiger partial charge in [0, 0.05) is 5.57 Å². The third-order valence-electron chi connectivity index (χ3n) is 3.16. The molecular formula is C15H26O4. The number of carboxylic acids is 1. The molecule has 0 rings (SSSR count). The van der Waals surface area contributed by atoms with E-state index < -0.39 is 5.97 Å². The zero-order chi connectivity index (χ0) is 14.8. The minimum atomic E-state index is -0.703. The molecule has 2 atom stereocenters. The van der Waals surface area contributed by atoms with Gasteiger partial charge in [-0.1, -0.05) is 26.3 Å². The van der Waals surface area contributed by atoms with Gasteiger partial charge in [0.15, 0.2) is 0 Å². The lowest BCUT2D eigenvalue weighted by Gasteiger charge is -2.13. The average Bonchev–Trinajstić information content (AvgIpc) is 2.32. The minimum Gasteiger partial charge on any atom is -0.481 e. The van der Waals surface area contributed by atoms with E-state index in [2.05, 4.69) is 6.58 Å². The van der Waals surface area contributed by atoms with E-state index in [1.54, 1.807) is 6.92 Å². The Morgan fingerprint density at radius 1 is 1.21 bits per heavy atom. The van der Waals surface area contributed by atoms with E-state index in [0.29, 0.717) is 12.0 Å². The Balaban J connectivity index is 3.66. The predicted molar refractivity (Wildman–Crippen MR) is 74.9 cm³/mol. The van der Waals surface area contributed by atoms with Gasteiger partial charge in [0.25, 0.3) is 0 Å². The van der Waals surface area contributed by atoms with Gasteiger partial charge >= 0.3 is 11.9 Å². The molecule has 0 aromatic carbocycles. The van der Waals surface area contributed by atoms with Crippen molar-refractivity contribution in [2.45, 2.75) is 65.4 Å². The molecule has 0 saturated heterocycles. The number of ether oxygens (including phenoxy) is 1. The van der Waals surface area contributed by atoms with Gasteiger partial charge in [-0.3, -0.25) is 4.79 Å². The first-order valence-electron chi connectivity index (χ1n) is 6.97. The number of carboxylic acid groups (broad SMARTS) is 1. The lowest BCUT2D eigenvalue weighted by molar-refractivity contribution is -0.144. The molecule has 0 fully saturated rings. The van der Waals surface area contributed by atoms with Crippen molar-refractivity contribution in [1.82, 2.24) is 0 Å². The minimum absolute atomic E-state index is 0.106. The Morgan fingerprint density at radius 2 is 1.79 bits per heavy atom. The number of carbonyl (C=O) groups is 2. The van der Waals surface area contributed by atoms with Crippen molar-refractivity contribution < 1.29 is 19.4 Å². The summed E-state index contributed by atoms with van der Waals surface area (Å²) in [4.78, 5) is 22.1. The second kappa shape index (κ2) is 9.59. The molecule has 4 nitrogen and oxygen atoms in total. The maximum absolute atomic E-state index is 11.3. The predicted octanol–water partition coefficient (Wildman–Crippen LogP) is 3.56. The third-order valence-corrected chi connectivity index (χ3v) is 3.16. The molecule has 0 aliphatic heterocycles. The molecular weight excluding hydrogens is 244 g/mol. The Labute approximate surface area is 115 Å². The van der Waals surface area contributed by atoms with Crippen LogP contribution in [-0.2, 0) is 14.3 Å². The molecule has 0 heterocycles. The molecule has 0 bridgehead atoms. The number of hydrogen-bond acceptors (Lipinski definition) is 3. The quantitative estimate of drug-likeness (QED) is 0.374. The second-order valence-electron chi connectivity index (χ2n) is 5.08. The third kappa shape index (κ3) is 8.41. The van der Waals surface area contributed by atoms with Crippen molar-refractivity contribution in [3.63, 3.8) is 0 Å². The number of esters is 1. The number of aliphatic carboxylic acids is 1. The zero-order valence-corrected chi connectivity index (χ0v) is 12.3. The first-order chi connectivity index (χ1) is 8.88. The van der Waals surface area contributed by atoms with E-state index in [4.69, 9.17) is 9.84 Å². The maximum Gasteiger partial charge on any atom is 0.333 e. The van der Waals surface area contributed by atoms with Gasteiger partial charge < -0.3 is 9.84 Å². The van der Waals surface area contributed by atoms with Gasteiger partial charge in [0.05, 0.1) is 12.0 Å². The summed E-state index contributed by atoms with van der Waals surface area (Å²) >= 11 is 0.